The molecule has 2 unspecified atom stereocenters. The Bertz CT molecular complexity index is 679. The number of nitrogens with zero attached hydrogens (tertiary/aromatic N) is 1. The maximum absolute atomic E-state index is 14.1. The molecule has 0 saturated heterocycles. The fourth-order valence-corrected chi connectivity index (χ4v) is 6.86. The van der Waals surface area contributed by atoms with Crippen molar-refractivity contribution in [3.8, 4) is 0 Å². The molecule has 2 rings (SSSR count). The van der Waals surface area contributed by atoms with Crippen LogP contribution in [0.25, 0.3) is 0 Å². The summed E-state index contributed by atoms with van der Waals surface area (Å²) in [5.41, 5.74) is 4.19. The van der Waals surface area contributed by atoms with E-state index in [-0.39, 0.29) is 0 Å². The number of allylic oxidation sites excluding steroid dienone is 1. The minimum Gasteiger partial charge on any atom is -0.386 e. The number of sulfone groups is 1. The van der Waals surface area contributed by atoms with Crippen LogP contribution in [-0.2, 0) is 9.84 Å². The fourth-order valence-electron chi connectivity index (χ4n) is 2.77. The van der Waals surface area contributed by atoms with E-state index in [1.54, 1.807) is 0 Å². The Kier molecular flexibility index (Phi) is 4.65. The van der Waals surface area contributed by atoms with E-state index in [4.69, 9.17) is 5.73 Å². The Morgan fingerprint density at radius 3 is 2.43 bits per heavy atom. The predicted octanol–water partition coefficient (Wildman–Crippen LogP) is 2.93. The highest BCUT2D eigenvalue weighted by Crippen LogP contribution is 2.48. The van der Waals surface area contributed by atoms with E-state index in [1.165, 1.54) is 13.0 Å². The van der Waals surface area contributed by atoms with Gasteiger partial charge in [0.1, 0.15) is 16.8 Å². The Hall–Kier alpha value is -0.290. The first kappa shape index (κ1) is 19.0. The first-order valence-electron chi connectivity index (χ1n) is 6.53. The number of aliphatic imine (C=N–C) groups is 1. The van der Waals surface area contributed by atoms with E-state index in [9.17, 15) is 26.0 Å². The maximum Gasteiger partial charge on any atom is 0.391 e. The van der Waals surface area contributed by atoms with Gasteiger partial charge in [0.15, 0.2) is 9.84 Å². The highest BCUT2D eigenvalue weighted by atomic mass is 79.9. The molecule has 0 bridgehead atoms. The summed E-state index contributed by atoms with van der Waals surface area (Å²) >= 11 is 4.17. The van der Waals surface area contributed by atoms with E-state index in [0.717, 1.165) is 18.7 Å². The van der Waals surface area contributed by atoms with Gasteiger partial charge >= 0.3 is 6.18 Å². The van der Waals surface area contributed by atoms with Crippen molar-refractivity contribution in [1.29, 1.82) is 0 Å². The van der Waals surface area contributed by atoms with Crippen molar-refractivity contribution < 1.29 is 26.0 Å². The summed E-state index contributed by atoms with van der Waals surface area (Å²) in [6.07, 6.45) is -6.54. The van der Waals surface area contributed by atoms with Crippen molar-refractivity contribution in [2.24, 2.45) is 10.7 Å². The molecule has 0 saturated carbocycles. The van der Waals surface area contributed by atoms with E-state index in [0.29, 0.717) is 3.81 Å². The average molecular weight is 439 g/mol. The lowest BCUT2D eigenvalue weighted by molar-refractivity contribution is -0.137. The van der Waals surface area contributed by atoms with Crippen LogP contribution < -0.4 is 5.73 Å². The quantitative estimate of drug-likeness (QED) is 0.672. The third-order valence-electron chi connectivity index (χ3n) is 4.06. The zero-order valence-corrected chi connectivity index (χ0v) is 15.4. The van der Waals surface area contributed by atoms with Gasteiger partial charge in [-0.05, 0) is 35.9 Å². The van der Waals surface area contributed by atoms with Gasteiger partial charge in [-0.1, -0.05) is 0 Å². The Balaban J connectivity index is 2.46. The summed E-state index contributed by atoms with van der Waals surface area (Å²) in [6.45, 7) is 2.31. The van der Waals surface area contributed by atoms with Gasteiger partial charge < -0.3 is 5.73 Å². The smallest absolute Gasteiger partial charge is 0.386 e. The van der Waals surface area contributed by atoms with Crippen LogP contribution in [0.15, 0.2) is 14.9 Å². The first-order chi connectivity index (χ1) is 10.2. The summed E-state index contributed by atoms with van der Waals surface area (Å²) < 4.78 is 75.6. The van der Waals surface area contributed by atoms with Crippen molar-refractivity contribution in [3.63, 3.8) is 0 Å². The van der Waals surface area contributed by atoms with Crippen LogP contribution in [0.1, 0.15) is 20.3 Å². The SMILES string of the molecule is C[C@@]1(C2SC(Br)=CC2F)CS(=O)(=O)[C@](C)(CC(F)(F)F)C(N)=N1. The van der Waals surface area contributed by atoms with Crippen molar-refractivity contribution in [3.05, 3.63) is 9.89 Å². The molecule has 2 aliphatic heterocycles. The normalized spacial score (nSPS) is 40.7. The zero-order chi connectivity index (χ0) is 17.8. The molecule has 2 heterocycles. The average Bonchev–Trinajstić information content (AvgIpc) is 2.64. The van der Waals surface area contributed by atoms with E-state index >= 15 is 0 Å². The summed E-state index contributed by atoms with van der Waals surface area (Å²) in [7, 11) is -4.29. The number of thioether (sulfide) groups is 1. The molecule has 0 amide bonds. The molecular weight excluding hydrogens is 424 g/mol. The molecule has 0 aliphatic carbocycles. The van der Waals surface area contributed by atoms with Crippen molar-refractivity contribution in [2.75, 3.05) is 5.75 Å². The van der Waals surface area contributed by atoms with Crippen LogP contribution in [0, 0.1) is 0 Å². The fraction of sp³-hybridized carbons (Fsp3) is 0.750. The summed E-state index contributed by atoms with van der Waals surface area (Å²) in [5.74, 6) is -1.32. The molecule has 0 aromatic heterocycles. The van der Waals surface area contributed by atoms with E-state index < -0.39 is 55.7 Å². The second-order valence-electron chi connectivity index (χ2n) is 6.09. The second kappa shape index (κ2) is 5.62. The molecule has 0 spiro atoms. The summed E-state index contributed by atoms with van der Waals surface area (Å²) in [5, 5.41) is -0.874. The molecule has 0 aromatic carbocycles. The molecule has 0 radical (unpaired) electrons. The highest BCUT2D eigenvalue weighted by molar-refractivity contribution is 9.14. The van der Waals surface area contributed by atoms with Crippen molar-refractivity contribution >= 4 is 43.4 Å². The molecule has 0 aromatic rings. The number of rotatable bonds is 2. The first-order valence-corrected chi connectivity index (χ1v) is 9.86. The molecule has 2 N–H and O–H groups in total. The van der Waals surface area contributed by atoms with Crippen LogP contribution in [0.3, 0.4) is 0 Å². The van der Waals surface area contributed by atoms with Crippen molar-refractivity contribution in [1.82, 2.24) is 0 Å². The molecular formula is C12H15BrF4N2O2S2. The molecule has 2 aliphatic rings. The van der Waals surface area contributed by atoms with Crippen LogP contribution >= 0.6 is 27.7 Å². The van der Waals surface area contributed by atoms with Crippen LogP contribution in [0.2, 0.25) is 0 Å². The number of amidine groups is 1. The zero-order valence-electron chi connectivity index (χ0n) is 12.2. The molecule has 11 heteroatoms. The number of alkyl halides is 4. The molecule has 132 valence electrons. The van der Waals surface area contributed by atoms with Crippen LogP contribution in [0.5, 0.6) is 0 Å². The third kappa shape index (κ3) is 3.41. The summed E-state index contributed by atoms with van der Waals surface area (Å²) in [4.78, 5) is 4.01. The van der Waals surface area contributed by atoms with Gasteiger partial charge in [0, 0.05) is 3.81 Å². The molecule has 4 atom stereocenters. The van der Waals surface area contributed by atoms with E-state index in [1.807, 2.05) is 0 Å². The number of hydrogen-bond acceptors (Lipinski definition) is 5. The number of halogens is 5. The standard InChI is InChI=1S/C12H15BrF4N2O2S2/c1-10(8-6(14)3-7(13)22-8)5-23(20,21)11(2,9(18)19-10)4-12(15,16)17/h3,6,8H,4-5H2,1-2H3,(H2,18,19)/t6?,8?,10-,11+/m0/s1. The van der Waals surface area contributed by atoms with Crippen LogP contribution in [0.4, 0.5) is 17.6 Å². The van der Waals surface area contributed by atoms with Gasteiger partial charge in [-0.3, -0.25) is 4.99 Å². The molecule has 0 fully saturated rings. The topological polar surface area (TPSA) is 72.5 Å². The lowest BCUT2D eigenvalue weighted by atomic mass is 9.95. The monoisotopic (exact) mass is 438 g/mol. The molecule has 4 nitrogen and oxygen atoms in total. The Labute approximate surface area is 144 Å². The number of hydrogen-bond donors (Lipinski definition) is 1. The van der Waals surface area contributed by atoms with Gasteiger partial charge in [0.05, 0.1) is 23.0 Å². The van der Waals surface area contributed by atoms with Gasteiger partial charge in [-0.25, -0.2) is 12.8 Å². The van der Waals surface area contributed by atoms with Gasteiger partial charge in [-0.2, -0.15) is 13.2 Å². The second-order valence-corrected chi connectivity index (χ2v) is 11.1. The number of nitrogens with two attached hydrogens (primary N) is 1. The maximum atomic E-state index is 14.1. The lowest BCUT2D eigenvalue weighted by Crippen LogP contribution is -2.61. The highest BCUT2D eigenvalue weighted by Gasteiger charge is 2.58. The minimum absolute atomic E-state index is 0.492. The predicted molar refractivity (Wildman–Crippen MR) is 86.2 cm³/mol. The third-order valence-corrected chi connectivity index (χ3v) is 8.95. The van der Waals surface area contributed by atoms with Gasteiger partial charge in [0.2, 0.25) is 0 Å². The summed E-state index contributed by atoms with van der Waals surface area (Å²) in [6, 6.07) is 0. The van der Waals surface area contributed by atoms with Gasteiger partial charge in [-0.15, -0.1) is 11.8 Å². The minimum atomic E-state index is -4.72. The largest absolute Gasteiger partial charge is 0.391 e. The van der Waals surface area contributed by atoms with Crippen molar-refractivity contribution in [2.45, 2.75) is 48.2 Å². The van der Waals surface area contributed by atoms with Crippen LogP contribution in [-0.4, -0.2) is 47.9 Å². The lowest BCUT2D eigenvalue weighted by Gasteiger charge is -2.42. The molecule has 23 heavy (non-hydrogen) atoms. The van der Waals surface area contributed by atoms with E-state index in [2.05, 4.69) is 20.9 Å². The van der Waals surface area contributed by atoms with Gasteiger partial charge in [0.25, 0.3) is 0 Å². The Morgan fingerprint density at radius 2 is 2.04 bits per heavy atom. The Morgan fingerprint density at radius 1 is 1.48 bits per heavy atom.